The quantitative estimate of drug-likeness (QED) is 0.773. The summed E-state index contributed by atoms with van der Waals surface area (Å²) in [5, 5.41) is 0. The van der Waals surface area contributed by atoms with E-state index in [1.807, 2.05) is 4.90 Å². The molecule has 2 aliphatic rings. The van der Waals surface area contributed by atoms with Gasteiger partial charge in [-0.1, -0.05) is 0 Å². The molecule has 0 spiro atoms. The lowest BCUT2D eigenvalue weighted by Gasteiger charge is -2.36. The Labute approximate surface area is 111 Å². The van der Waals surface area contributed by atoms with Crippen LogP contribution in [0.1, 0.15) is 32.1 Å². The molecule has 3 nitrogen and oxygen atoms in total. The van der Waals surface area contributed by atoms with Crippen molar-refractivity contribution in [2.45, 2.75) is 38.3 Å². The standard InChI is InChI=1S/C13H21F3N2O/c14-13(15,16)10-17-6-4-5-11(9-17)12(19)18-7-2-1-3-8-18/h11H,1-10H2. The third-order valence-electron chi connectivity index (χ3n) is 3.93. The molecule has 0 aromatic heterocycles. The van der Waals surface area contributed by atoms with Gasteiger partial charge in [-0.15, -0.1) is 0 Å². The molecule has 2 rings (SSSR count). The van der Waals surface area contributed by atoms with Crippen LogP contribution in [0.4, 0.5) is 13.2 Å². The topological polar surface area (TPSA) is 23.6 Å². The van der Waals surface area contributed by atoms with E-state index < -0.39 is 12.7 Å². The smallest absolute Gasteiger partial charge is 0.342 e. The molecule has 0 saturated carbocycles. The molecule has 1 unspecified atom stereocenters. The summed E-state index contributed by atoms with van der Waals surface area (Å²) in [5.41, 5.74) is 0. The molecular weight excluding hydrogens is 257 g/mol. The highest BCUT2D eigenvalue weighted by atomic mass is 19.4. The highest BCUT2D eigenvalue weighted by Gasteiger charge is 2.35. The Kier molecular flexibility index (Phi) is 4.71. The van der Waals surface area contributed by atoms with Crippen molar-refractivity contribution in [1.82, 2.24) is 9.80 Å². The lowest BCUT2D eigenvalue weighted by Crippen LogP contribution is -2.48. The van der Waals surface area contributed by atoms with E-state index in [4.69, 9.17) is 0 Å². The van der Waals surface area contributed by atoms with Crippen LogP contribution >= 0.6 is 0 Å². The molecule has 1 atom stereocenters. The van der Waals surface area contributed by atoms with Crippen molar-refractivity contribution < 1.29 is 18.0 Å². The minimum atomic E-state index is -4.17. The van der Waals surface area contributed by atoms with Crippen molar-refractivity contribution in [1.29, 1.82) is 0 Å². The Morgan fingerprint density at radius 1 is 1.05 bits per heavy atom. The van der Waals surface area contributed by atoms with Crippen LogP contribution in [0.3, 0.4) is 0 Å². The SMILES string of the molecule is O=C(C1CCCN(CC(F)(F)F)C1)N1CCCCC1. The van der Waals surface area contributed by atoms with Crippen molar-refractivity contribution in [2.75, 3.05) is 32.7 Å². The van der Waals surface area contributed by atoms with E-state index in [0.29, 0.717) is 13.0 Å². The van der Waals surface area contributed by atoms with Crippen LogP contribution in [0.25, 0.3) is 0 Å². The predicted octanol–water partition coefficient (Wildman–Crippen LogP) is 2.27. The Balaban J connectivity index is 1.87. The Morgan fingerprint density at radius 2 is 1.74 bits per heavy atom. The predicted molar refractivity (Wildman–Crippen MR) is 65.7 cm³/mol. The van der Waals surface area contributed by atoms with Crippen LogP contribution in [0.15, 0.2) is 0 Å². The number of amides is 1. The van der Waals surface area contributed by atoms with Gasteiger partial charge in [0.25, 0.3) is 0 Å². The van der Waals surface area contributed by atoms with E-state index in [-0.39, 0.29) is 18.4 Å². The number of hydrogen-bond donors (Lipinski definition) is 0. The molecule has 2 aliphatic heterocycles. The van der Waals surface area contributed by atoms with E-state index in [2.05, 4.69) is 0 Å². The van der Waals surface area contributed by atoms with Gasteiger partial charge in [-0.2, -0.15) is 13.2 Å². The molecule has 0 aromatic rings. The molecule has 6 heteroatoms. The molecule has 0 N–H and O–H groups in total. The maximum atomic E-state index is 12.4. The third kappa shape index (κ3) is 4.37. The zero-order valence-corrected chi connectivity index (χ0v) is 11.1. The molecule has 2 fully saturated rings. The van der Waals surface area contributed by atoms with Crippen LogP contribution in [-0.2, 0) is 4.79 Å². The van der Waals surface area contributed by atoms with E-state index >= 15 is 0 Å². The Hall–Kier alpha value is -0.780. The van der Waals surface area contributed by atoms with Crippen molar-refractivity contribution in [3.8, 4) is 0 Å². The second kappa shape index (κ2) is 6.11. The van der Waals surface area contributed by atoms with Gasteiger partial charge in [-0.3, -0.25) is 9.69 Å². The first kappa shape index (κ1) is 14.6. The fraction of sp³-hybridized carbons (Fsp3) is 0.923. The molecule has 0 aliphatic carbocycles. The number of nitrogens with zero attached hydrogens (tertiary/aromatic N) is 2. The van der Waals surface area contributed by atoms with Gasteiger partial charge < -0.3 is 4.90 Å². The van der Waals surface area contributed by atoms with Crippen molar-refractivity contribution in [3.05, 3.63) is 0 Å². The number of likely N-dealkylation sites (tertiary alicyclic amines) is 2. The first-order valence-electron chi connectivity index (χ1n) is 7.03. The number of alkyl halides is 3. The molecule has 0 bridgehead atoms. The number of halogens is 3. The van der Waals surface area contributed by atoms with E-state index in [1.54, 1.807) is 0 Å². The van der Waals surface area contributed by atoms with E-state index in [1.165, 1.54) is 4.90 Å². The summed E-state index contributed by atoms with van der Waals surface area (Å²) in [5.74, 6) is -0.180. The summed E-state index contributed by atoms with van der Waals surface area (Å²) < 4.78 is 37.2. The molecule has 19 heavy (non-hydrogen) atoms. The summed E-state index contributed by atoms with van der Waals surface area (Å²) in [4.78, 5) is 15.5. The fourth-order valence-corrected chi connectivity index (χ4v) is 3.03. The Bertz CT molecular complexity index is 314. The van der Waals surface area contributed by atoms with Crippen LogP contribution in [-0.4, -0.2) is 54.6 Å². The van der Waals surface area contributed by atoms with Gasteiger partial charge >= 0.3 is 6.18 Å². The van der Waals surface area contributed by atoms with Crippen LogP contribution < -0.4 is 0 Å². The lowest BCUT2D eigenvalue weighted by atomic mass is 9.95. The summed E-state index contributed by atoms with van der Waals surface area (Å²) >= 11 is 0. The number of piperidine rings is 2. The summed E-state index contributed by atoms with van der Waals surface area (Å²) in [6.07, 6.45) is 0.421. The lowest BCUT2D eigenvalue weighted by molar-refractivity contribution is -0.154. The number of hydrogen-bond acceptors (Lipinski definition) is 2. The number of carbonyl (C=O) groups excluding carboxylic acids is 1. The van der Waals surface area contributed by atoms with Crippen molar-refractivity contribution >= 4 is 5.91 Å². The molecule has 2 heterocycles. The van der Waals surface area contributed by atoms with Crippen LogP contribution in [0.2, 0.25) is 0 Å². The van der Waals surface area contributed by atoms with Crippen LogP contribution in [0, 0.1) is 5.92 Å². The van der Waals surface area contributed by atoms with E-state index in [0.717, 1.165) is 38.8 Å². The van der Waals surface area contributed by atoms with Crippen molar-refractivity contribution in [2.24, 2.45) is 5.92 Å². The number of carbonyl (C=O) groups is 1. The molecular formula is C13H21F3N2O. The summed E-state index contributed by atoms with van der Waals surface area (Å²) in [7, 11) is 0. The molecule has 110 valence electrons. The largest absolute Gasteiger partial charge is 0.401 e. The monoisotopic (exact) mass is 278 g/mol. The molecule has 1 amide bonds. The van der Waals surface area contributed by atoms with Gasteiger partial charge in [0.15, 0.2) is 0 Å². The van der Waals surface area contributed by atoms with Gasteiger partial charge in [0, 0.05) is 19.6 Å². The van der Waals surface area contributed by atoms with Crippen molar-refractivity contribution in [3.63, 3.8) is 0 Å². The molecule has 0 aromatic carbocycles. The average molecular weight is 278 g/mol. The second-order valence-electron chi connectivity index (χ2n) is 5.58. The number of rotatable bonds is 2. The highest BCUT2D eigenvalue weighted by molar-refractivity contribution is 5.79. The zero-order valence-electron chi connectivity index (χ0n) is 11.1. The molecule has 0 radical (unpaired) electrons. The average Bonchev–Trinajstić information content (AvgIpc) is 2.37. The van der Waals surface area contributed by atoms with Gasteiger partial charge in [-0.25, -0.2) is 0 Å². The Morgan fingerprint density at radius 3 is 2.37 bits per heavy atom. The first-order valence-corrected chi connectivity index (χ1v) is 7.03. The maximum absolute atomic E-state index is 12.4. The maximum Gasteiger partial charge on any atom is 0.401 e. The minimum Gasteiger partial charge on any atom is -0.342 e. The normalized spacial score (nSPS) is 26.5. The van der Waals surface area contributed by atoms with Gasteiger partial charge in [0.1, 0.15) is 0 Å². The summed E-state index contributed by atoms with van der Waals surface area (Å²) in [6, 6.07) is 0. The zero-order chi connectivity index (χ0) is 13.9. The second-order valence-corrected chi connectivity index (χ2v) is 5.58. The van der Waals surface area contributed by atoms with Gasteiger partial charge in [0.05, 0.1) is 12.5 Å². The third-order valence-corrected chi connectivity index (χ3v) is 3.93. The van der Waals surface area contributed by atoms with Gasteiger partial charge in [0.2, 0.25) is 5.91 Å². The molecule has 2 saturated heterocycles. The first-order chi connectivity index (χ1) is 8.96. The summed E-state index contributed by atoms with van der Waals surface area (Å²) in [6.45, 7) is 1.36. The highest BCUT2D eigenvalue weighted by Crippen LogP contribution is 2.24. The minimum absolute atomic E-state index is 0.0616. The van der Waals surface area contributed by atoms with Crippen LogP contribution in [0.5, 0.6) is 0 Å². The van der Waals surface area contributed by atoms with Gasteiger partial charge in [-0.05, 0) is 38.6 Å². The van der Waals surface area contributed by atoms with E-state index in [9.17, 15) is 18.0 Å². The fourth-order valence-electron chi connectivity index (χ4n) is 3.03.